The molecule has 0 bridgehead atoms. The second-order valence-electron chi connectivity index (χ2n) is 6.84. The fourth-order valence-corrected chi connectivity index (χ4v) is 3.88. The minimum atomic E-state index is -0.609. The summed E-state index contributed by atoms with van der Waals surface area (Å²) >= 11 is 1.43. The van der Waals surface area contributed by atoms with Gasteiger partial charge in [0, 0.05) is 12.5 Å². The van der Waals surface area contributed by atoms with E-state index in [4.69, 9.17) is 4.98 Å². The zero-order valence-electron chi connectivity index (χ0n) is 16.1. The third-order valence-corrected chi connectivity index (χ3v) is 5.27. The molecule has 5 nitrogen and oxygen atoms in total. The minimum absolute atomic E-state index is 0.0361. The van der Waals surface area contributed by atoms with Crippen LogP contribution in [0.25, 0.3) is 21.7 Å². The molecular weight excluding hydrogens is 370 g/mol. The number of hydrogen-bond donors (Lipinski definition) is 2. The van der Waals surface area contributed by atoms with E-state index in [1.54, 1.807) is 0 Å². The van der Waals surface area contributed by atoms with Crippen molar-refractivity contribution in [2.24, 2.45) is 5.92 Å². The van der Waals surface area contributed by atoms with Crippen LogP contribution in [0.1, 0.15) is 20.8 Å². The first-order valence-electron chi connectivity index (χ1n) is 9.15. The summed E-state index contributed by atoms with van der Waals surface area (Å²) in [6, 6.07) is 19.3. The summed E-state index contributed by atoms with van der Waals surface area (Å²) in [6.07, 6.45) is 0. The van der Waals surface area contributed by atoms with Crippen LogP contribution < -0.4 is 10.6 Å². The van der Waals surface area contributed by atoms with Gasteiger partial charge in [-0.3, -0.25) is 9.59 Å². The summed E-state index contributed by atoms with van der Waals surface area (Å²) in [4.78, 5) is 29.8. The summed E-state index contributed by atoms with van der Waals surface area (Å²) in [5.41, 5.74) is 2.86. The lowest BCUT2D eigenvalue weighted by atomic mass is 10.0. The molecule has 1 aromatic heterocycles. The van der Waals surface area contributed by atoms with E-state index >= 15 is 0 Å². The number of carbonyl (C=O) groups is 2. The summed E-state index contributed by atoms with van der Waals surface area (Å²) in [5.74, 6) is -0.535. The number of nitrogens with one attached hydrogen (secondary N) is 2. The number of aromatic nitrogens is 1. The third-order valence-electron chi connectivity index (χ3n) is 4.25. The van der Waals surface area contributed by atoms with Gasteiger partial charge < -0.3 is 10.6 Å². The Balaban J connectivity index is 1.95. The van der Waals surface area contributed by atoms with E-state index in [0.717, 1.165) is 21.7 Å². The highest BCUT2D eigenvalue weighted by Gasteiger charge is 2.25. The Kier molecular flexibility index (Phi) is 6.21. The molecule has 1 unspecified atom stereocenters. The standard InChI is InChI=1S/C22H23N3O2S/c1-14(2)18(23-15(3)26)21(27)25-22-24-19(16-10-6-4-7-11-16)20(28-22)17-12-8-5-9-13-17/h4-14,18H,1-3H3,(H,23,26)(H,24,25,27). The van der Waals surface area contributed by atoms with Crippen LogP contribution in [0.5, 0.6) is 0 Å². The number of thiazole rings is 1. The van der Waals surface area contributed by atoms with Crippen molar-refractivity contribution in [3.05, 3.63) is 60.7 Å². The van der Waals surface area contributed by atoms with Crippen molar-refractivity contribution in [1.82, 2.24) is 10.3 Å². The highest BCUT2D eigenvalue weighted by Crippen LogP contribution is 2.38. The molecule has 6 heteroatoms. The van der Waals surface area contributed by atoms with Crippen LogP contribution in [0.15, 0.2) is 60.7 Å². The second-order valence-corrected chi connectivity index (χ2v) is 7.84. The molecule has 0 saturated heterocycles. The Morgan fingerprint density at radius 2 is 1.50 bits per heavy atom. The maximum absolute atomic E-state index is 12.7. The SMILES string of the molecule is CC(=O)NC(C(=O)Nc1nc(-c2ccccc2)c(-c2ccccc2)s1)C(C)C. The van der Waals surface area contributed by atoms with E-state index in [1.165, 1.54) is 18.3 Å². The van der Waals surface area contributed by atoms with Crippen molar-refractivity contribution in [2.45, 2.75) is 26.8 Å². The molecule has 2 N–H and O–H groups in total. The molecule has 0 spiro atoms. The number of nitrogens with zero attached hydrogens (tertiary/aromatic N) is 1. The molecular formula is C22H23N3O2S. The maximum atomic E-state index is 12.7. The van der Waals surface area contributed by atoms with E-state index in [0.29, 0.717) is 5.13 Å². The predicted molar refractivity (Wildman–Crippen MR) is 114 cm³/mol. The lowest BCUT2D eigenvalue weighted by molar-refractivity contribution is -0.126. The van der Waals surface area contributed by atoms with Crippen LogP contribution in [-0.4, -0.2) is 22.8 Å². The molecule has 0 saturated carbocycles. The zero-order chi connectivity index (χ0) is 20.1. The summed E-state index contributed by atoms with van der Waals surface area (Å²) in [5, 5.41) is 6.11. The van der Waals surface area contributed by atoms with Gasteiger partial charge >= 0.3 is 0 Å². The van der Waals surface area contributed by atoms with Gasteiger partial charge in [0.1, 0.15) is 6.04 Å². The van der Waals surface area contributed by atoms with E-state index in [9.17, 15) is 9.59 Å². The van der Waals surface area contributed by atoms with Gasteiger partial charge in [-0.2, -0.15) is 0 Å². The van der Waals surface area contributed by atoms with Crippen molar-refractivity contribution >= 4 is 28.3 Å². The average Bonchev–Trinajstić information content (AvgIpc) is 3.11. The maximum Gasteiger partial charge on any atom is 0.248 e. The van der Waals surface area contributed by atoms with Gasteiger partial charge in [-0.15, -0.1) is 0 Å². The molecule has 0 aliphatic heterocycles. The van der Waals surface area contributed by atoms with Crippen LogP contribution in [0.4, 0.5) is 5.13 Å². The average molecular weight is 394 g/mol. The molecule has 3 rings (SSSR count). The topological polar surface area (TPSA) is 71.1 Å². The first kappa shape index (κ1) is 19.8. The minimum Gasteiger partial charge on any atom is -0.344 e. The van der Waals surface area contributed by atoms with Crippen molar-refractivity contribution in [3.8, 4) is 21.7 Å². The van der Waals surface area contributed by atoms with Crippen molar-refractivity contribution in [2.75, 3.05) is 5.32 Å². The Hall–Kier alpha value is -2.99. The van der Waals surface area contributed by atoms with Gasteiger partial charge in [-0.1, -0.05) is 85.8 Å². The lowest BCUT2D eigenvalue weighted by Crippen LogP contribution is -2.46. The molecule has 0 aliphatic carbocycles. The fraction of sp³-hybridized carbons (Fsp3) is 0.227. The molecule has 0 fully saturated rings. The van der Waals surface area contributed by atoms with E-state index in [2.05, 4.69) is 10.6 Å². The van der Waals surface area contributed by atoms with Gasteiger partial charge in [0.15, 0.2) is 5.13 Å². The fourth-order valence-electron chi connectivity index (χ4n) is 2.89. The Labute approximate surface area is 168 Å². The van der Waals surface area contributed by atoms with E-state index in [1.807, 2.05) is 74.5 Å². The lowest BCUT2D eigenvalue weighted by Gasteiger charge is -2.20. The molecule has 1 heterocycles. The Bertz CT molecular complexity index is 895. The first-order chi connectivity index (χ1) is 13.5. The van der Waals surface area contributed by atoms with Crippen LogP contribution in [0.3, 0.4) is 0 Å². The van der Waals surface area contributed by atoms with Crippen LogP contribution >= 0.6 is 11.3 Å². The normalized spacial score (nSPS) is 11.9. The molecule has 144 valence electrons. The van der Waals surface area contributed by atoms with Gasteiger partial charge in [-0.25, -0.2) is 4.98 Å². The number of benzene rings is 2. The van der Waals surface area contributed by atoms with Crippen LogP contribution in [0.2, 0.25) is 0 Å². The number of anilines is 1. The molecule has 3 aromatic rings. The van der Waals surface area contributed by atoms with Crippen molar-refractivity contribution in [3.63, 3.8) is 0 Å². The smallest absolute Gasteiger partial charge is 0.248 e. The van der Waals surface area contributed by atoms with Crippen molar-refractivity contribution in [1.29, 1.82) is 0 Å². The van der Waals surface area contributed by atoms with Gasteiger partial charge in [0.05, 0.1) is 10.6 Å². The van der Waals surface area contributed by atoms with E-state index in [-0.39, 0.29) is 17.7 Å². The largest absolute Gasteiger partial charge is 0.344 e. The van der Waals surface area contributed by atoms with Gasteiger partial charge in [0.2, 0.25) is 11.8 Å². The summed E-state index contributed by atoms with van der Waals surface area (Å²) in [7, 11) is 0. The predicted octanol–water partition coefficient (Wildman–Crippen LogP) is 4.58. The van der Waals surface area contributed by atoms with Gasteiger partial charge in [-0.05, 0) is 11.5 Å². The summed E-state index contributed by atoms with van der Waals surface area (Å²) in [6.45, 7) is 5.20. The highest BCUT2D eigenvalue weighted by molar-refractivity contribution is 7.19. The Morgan fingerprint density at radius 3 is 2.04 bits per heavy atom. The van der Waals surface area contributed by atoms with Crippen LogP contribution in [-0.2, 0) is 9.59 Å². The quantitative estimate of drug-likeness (QED) is 0.644. The van der Waals surface area contributed by atoms with E-state index < -0.39 is 6.04 Å². The molecule has 0 radical (unpaired) electrons. The Morgan fingerprint density at radius 1 is 0.929 bits per heavy atom. The molecule has 2 amide bonds. The first-order valence-corrected chi connectivity index (χ1v) is 9.97. The third kappa shape index (κ3) is 4.64. The monoisotopic (exact) mass is 393 g/mol. The molecule has 28 heavy (non-hydrogen) atoms. The number of hydrogen-bond acceptors (Lipinski definition) is 4. The second kappa shape index (κ2) is 8.80. The summed E-state index contributed by atoms with van der Waals surface area (Å²) < 4.78 is 0. The zero-order valence-corrected chi connectivity index (χ0v) is 16.9. The molecule has 2 aromatic carbocycles. The molecule has 0 aliphatic rings. The van der Waals surface area contributed by atoms with Crippen molar-refractivity contribution < 1.29 is 9.59 Å². The number of rotatable bonds is 6. The number of amides is 2. The van der Waals surface area contributed by atoms with Gasteiger partial charge in [0.25, 0.3) is 0 Å². The molecule has 1 atom stereocenters. The van der Waals surface area contributed by atoms with Crippen LogP contribution in [0, 0.1) is 5.92 Å². The number of carbonyl (C=O) groups excluding carboxylic acids is 2. The highest BCUT2D eigenvalue weighted by atomic mass is 32.1.